The summed E-state index contributed by atoms with van der Waals surface area (Å²) in [7, 11) is -3.98. The minimum absolute atomic E-state index is 0.0580. The predicted octanol–water partition coefficient (Wildman–Crippen LogP) is 1.18. The maximum absolute atomic E-state index is 13.0. The highest BCUT2D eigenvalue weighted by Crippen LogP contribution is 2.13. The molecule has 6 nitrogen and oxygen atoms in total. The van der Waals surface area contributed by atoms with E-state index in [1.54, 1.807) is 0 Å². The number of sulfonamides is 1. The van der Waals surface area contributed by atoms with E-state index in [-0.39, 0.29) is 18.9 Å². The number of benzene rings is 1. The fourth-order valence-electron chi connectivity index (χ4n) is 1.66. The normalized spacial score (nSPS) is 11.4. The van der Waals surface area contributed by atoms with E-state index in [9.17, 15) is 22.0 Å². The van der Waals surface area contributed by atoms with Gasteiger partial charge in [0.1, 0.15) is 0 Å². The Kier molecular flexibility index (Phi) is 8.07. The van der Waals surface area contributed by atoms with Crippen molar-refractivity contribution in [2.24, 2.45) is 0 Å². The third-order valence-electron chi connectivity index (χ3n) is 2.84. The highest BCUT2D eigenvalue weighted by atomic mass is 32.2. The van der Waals surface area contributed by atoms with E-state index in [0.717, 1.165) is 12.1 Å². The molecule has 2 N–H and O–H groups in total. The molecule has 0 aliphatic carbocycles. The van der Waals surface area contributed by atoms with E-state index in [0.29, 0.717) is 32.2 Å². The van der Waals surface area contributed by atoms with Gasteiger partial charge in [-0.1, -0.05) is 0 Å². The lowest BCUT2D eigenvalue weighted by atomic mass is 10.3. The van der Waals surface area contributed by atoms with Gasteiger partial charge in [0, 0.05) is 32.7 Å². The molecule has 0 saturated carbocycles. The van der Waals surface area contributed by atoms with Crippen LogP contribution >= 0.6 is 0 Å². The summed E-state index contributed by atoms with van der Waals surface area (Å²) in [6.07, 6.45) is 0.609. The van der Waals surface area contributed by atoms with E-state index in [4.69, 9.17) is 4.74 Å². The number of hydrogen-bond donors (Lipinski definition) is 2. The van der Waals surface area contributed by atoms with Crippen LogP contribution < -0.4 is 10.0 Å². The van der Waals surface area contributed by atoms with E-state index in [1.165, 1.54) is 0 Å². The predicted molar refractivity (Wildman–Crippen MR) is 80.3 cm³/mol. The standard InChI is InChI=1S/C14H20F2N2O4S/c1-2-22-9-3-7-17-14(19)6-8-18-23(20,21)11-4-5-12(15)13(16)10-11/h4-5,10,18H,2-3,6-9H2,1H3,(H,17,19). The first-order valence-electron chi connectivity index (χ1n) is 7.16. The van der Waals surface area contributed by atoms with Crippen LogP contribution in [0.4, 0.5) is 8.78 Å². The van der Waals surface area contributed by atoms with Gasteiger partial charge in [-0.15, -0.1) is 0 Å². The summed E-state index contributed by atoms with van der Waals surface area (Å²) in [6.45, 7) is 3.32. The fourth-order valence-corrected chi connectivity index (χ4v) is 2.70. The van der Waals surface area contributed by atoms with Crippen molar-refractivity contribution in [1.82, 2.24) is 10.0 Å². The van der Waals surface area contributed by atoms with Crippen LogP contribution in [0.5, 0.6) is 0 Å². The van der Waals surface area contributed by atoms with Crippen LogP contribution in [0.25, 0.3) is 0 Å². The van der Waals surface area contributed by atoms with Crippen LogP contribution in [-0.4, -0.2) is 40.6 Å². The minimum atomic E-state index is -3.98. The van der Waals surface area contributed by atoms with Crippen LogP contribution in [0.2, 0.25) is 0 Å². The molecule has 23 heavy (non-hydrogen) atoms. The van der Waals surface area contributed by atoms with Crippen LogP contribution in [0, 0.1) is 11.6 Å². The Morgan fingerprint density at radius 2 is 1.96 bits per heavy atom. The molecule has 0 spiro atoms. The van der Waals surface area contributed by atoms with Gasteiger partial charge >= 0.3 is 0 Å². The van der Waals surface area contributed by atoms with Crippen molar-refractivity contribution in [2.75, 3.05) is 26.3 Å². The van der Waals surface area contributed by atoms with Gasteiger partial charge in [-0.25, -0.2) is 21.9 Å². The largest absolute Gasteiger partial charge is 0.382 e. The second-order valence-corrected chi connectivity index (χ2v) is 6.39. The maximum atomic E-state index is 13.0. The van der Waals surface area contributed by atoms with Gasteiger partial charge in [0.2, 0.25) is 15.9 Å². The Hall–Kier alpha value is -1.58. The van der Waals surface area contributed by atoms with Crippen molar-refractivity contribution in [3.63, 3.8) is 0 Å². The Morgan fingerprint density at radius 3 is 2.61 bits per heavy atom. The second kappa shape index (κ2) is 9.53. The zero-order valence-corrected chi connectivity index (χ0v) is 13.6. The summed E-state index contributed by atoms with van der Waals surface area (Å²) < 4.78 is 56.8. The Morgan fingerprint density at radius 1 is 1.22 bits per heavy atom. The summed E-state index contributed by atoms with van der Waals surface area (Å²) in [6, 6.07) is 2.27. The van der Waals surface area contributed by atoms with Gasteiger partial charge in [-0.3, -0.25) is 4.79 Å². The quantitative estimate of drug-likeness (QED) is 0.621. The molecular formula is C14H20F2N2O4S. The number of amides is 1. The molecule has 0 aliphatic heterocycles. The fraction of sp³-hybridized carbons (Fsp3) is 0.500. The molecule has 9 heteroatoms. The molecule has 1 aromatic rings. The molecule has 0 heterocycles. The SMILES string of the molecule is CCOCCCNC(=O)CCNS(=O)(=O)c1ccc(F)c(F)c1. The molecule has 0 atom stereocenters. The third-order valence-corrected chi connectivity index (χ3v) is 4.30. The number of halogens is 2. The van der Waals surface area contributed by atoms with E-state index in [2.05, 4.69) is 10.0 Å². The van der Waals surface area contributed by atoms with Gasteiger partial charge in [0.25, 0.3) is 0 Å². The van der Waals surface area contributed by atoms with Gasteiger partial charge in [0.05, 0.1) is 4.90 Å². The van der Waals surface area contributed by atoms with Crippen molar-refractivity contribution < 1.29 is 26.7 Å². The first-order chi connectivity index (χ1) is 10.9. The number of carbonyl (C=O) groups is 1. The molecule has 0 aliphatic rings. The zero-order valence-electron chi connectivity index (χ0n) is 12.8. The lowest BCUT2D eigenvalue weighted by Crippen LogP contribution is -2.31. The molecule has 0 saturated heterocycles. The summed E-state index contributed by atoms with van der Waals surface area (Å²) >= 11 is 0. The summed E-state index contributed by atoms with van der Waals surface area (Å²) in [4.78, 5) is 11.1. The van der Waals surface area contributed by atoms with Crippen LogP contribution in [0.15, 0.2) is 23.1 Å². The highest BCUT2D eigenvalue weighted by molar-refractivity contribution is 7.89. The van der Waals surface area contributed by atoms with E-state index in [1.807, 2.05) is 6.92 Å². The lowest BCUT2D eigenvalue weighted by molar-refractivity contribution is -0.120. The summed E-state index contributed by atoms with van der Waals surface area (Å²) in [5, 5.41) is 2.62. The molecule has 0 fully saturated rings. The van der Waals surface area contributed by atoms with Gasteiger partial charge in [-0.05, 0) is 31.5 Å². The van der Waals surface area contributed by atoms with Crippen molar-refractivity contribution in [1.29, 1.82) is 0 Å². The Bertz CT molecular complexity index is 623. The Labute approximate surface area is 134 Å². The summed E-state index contributed by atoms with van der Waals surface area (Å²) in [5.41, 5.74) is 0. The molecule has 0 aromatic heterocycles. The summed E-state index contributed by atoms with van der Waals surface area (Å²) in [5.74, 6) is -2.69. The van der Waals surface area contributed by atoms with Crippen molar-refractivity contribution in [3.8, 4) is 0 Å². The molecule has 0 unspecified atom stereocenters. The second-order valence-electron chi connectivity index (χ2n) is 4.62. The molecule has 1 amide bonds. The van der Waals surface area contributed by atoms with Crippen molar-refractivity contribution in [3.05, 3.63) is 29.8 Å². The number of hydrogen-bond acceptors (Lipinski definition) is 4. The molecular weight excluding hydrogens is 330 g/mol. The molecule has 0 radical (unpaired) electrons. The molecule has 130 valence electrons. The number of rotatable bonds is 10. The first kappa shape index (κ1) is 19.5. The van der Waals surface area contributed by atoms with Crippen molar-refractivity contribution in [2.45, 2.75) is 24.7 Å². The molecule has 0 bridgehead atoms. The minimum Gasteiger partial charge on any atom is -0.382 e. The first-order valence-corrected chi connectivity index (χ1v) is 8.64. The number of carbonyl (C=O) groups excluding carboxylic acids is 1. The maximum Gasteiger partial charge on any atom is 0.240 e. The van der Waals surface area contributed by atoms with Crippen LogP contribution in [0.3, 0.4) is 0 Å². The smallest absolute Gasteiger partial charge is 0.240 e. The lowest BCUT2D eigenvalue weighted by Gasteiger charge is -2.08. The van der Waals surface area contributed by atoms with Crippen LogP contribution in [0.1, 0.15) is 19.8 Å². The van der Waals surface area contributed by atoms with E-state index < -0.39 is 26.6 Å². The number of nitrogens with one attached hydrogen (secondary N) is 2. The average molecular weight is 350 g/mol. The topological polar surface area (TPSA) is 84.5 Å². The molecule has 1 aromatic carbocycles. The van der Waals surface area contributed by atoms with Crippen LogP contribution in [-0.2, 0) is 19.6 Å². The van der Waals surface area contributed by atoms with E-state index >= 15 is 0 Å². The van der Waals surface area contributed by atoms with Crippen molar-refractivity contribution >= 4 is 15.9 Å². The Balaban J connectivity index is 2.36. The highest BCUT2D eigenvalue weighted by Gasteiger charge is 2.16. The van der Waals surface area contributed by atoms with Gasteiger partial charge < -0.3 is 10.1 Å². The number of ether oxygens (including phenoxy) is 1. The van der Waals surface area contributed by atoms with Gasteiger partial charge in [-0.2, -0.15) is 0 Å². The van der Waals surface area contributed by atoms with Gasteiger partial charge in [0.15, 0.2) is 11.6 Å². The molecule has 1 rings (SSSR count). The average Bonchev–Trinajstić information content (AvgIpc) is 2.49. The monoisotopic (exact) mass is 350 g/mol. The third kappa shape index (κ3) is 7.02. The zero-order chi connectivity index (χ0) is 17.3.